The smallest absolute Gasteiger partial charge is 0.138 e. The van der Waals surface area contributed by atoms with Gasteiger partial charge in [0.25, 0.3) is 0 Å². The fourth-order valence-electron chi connectivity index (χ4n) is 8.71. The van der Waals surface area contributed by atoms with Gasteiger partial charge in [0.15, 0.2) is 0 Å². The molecule has 2 heterocycles. The Kier molecular flexibility index (Phi) is 7.82. The molecule has 0 saturated carbocycles. The summed E-state index contributed by atoms with van der Waals surface area (Å²) in [5.41, 5.74) is 15.3. The van der Waals surface area contributed by atoms with Crippen molar-refractivity contribution < 1.29 is 4.42 Å². The number of fused-ring (bicyclic) bond motifs is 6. The number of aromatic nitrogens is 1. The van der Waals surface area contributed by atoms with Gasteiger partial charge in [-0.1, -0.05) is 164 Å². The van der Waals surface area contributed by atoms with E-state index >= 15 is 0 Å². The second-order valence-corrected chi connectivity index (χ2v) is 14.5. The lowest BCUT2D eigenvalue weighted by atomic mass is 9.93. The van der Waals surface area contributed by atoms with E-state index in [1.165, 1.54) is 16.5 Å². The Labute approximate surface area is 330 Å². The van der Waals surface area contributed by atoms with Gasteiger partial charge in [-0.15, -0.1) is 0 Å². The molecule has 3 nitrogen and oxygen atoms in total. The monoisotopic (exact) mass is 728 g/mol. The number of hydrogen-bond acceptors (Lipinski definition) is 2. The summed E-state index contributed by atoms with van der Waals surface area (Å²) in [6, 6.07) is 78.1. The Hall–Kier alpha value is -7.62. The highest BCUT2D eigenvalue weighted by atomic mass is 16.3. The van der Waals surface area contributed by atoms with Gasteiger partial charge < -0.3 is 13.9 Å². The van der Waals surface area contributed by atoms with Crippen LogP contribution in [0.3, 0.4) is 0 Å². The third kappa shape index (κ3) is 5.43. The van der Waals surface area contributed by atoms with Crippen LogP contribution in [0.15, 0.2) is 223 Å². The first kappa shape index (κ1) is 32.8. The fourth-order valence-corrected chi connectivity index (χ4v) is 8.71. The van der Waals surface area contributed by atoms with Crippen molar-refractivity contribution in [2.24, 2.45) is 0 Å². The third-order valence-corrected chi connectivity index (χ3v) is 11.2. The van der Waals surface area contributed by atoms with E-state index in [0.717, 1.165) is 83.4 Å². The Bertz CT molecular complexity index is 3200. The van der Waals surface area contributed by atoms with E-state index in [1.54, 1.807) is 0 Å². The predicted molar refractivity (Wildman–Crippen MR) is 239 cm³/mol. The van der Waals surface area contributed by atoms with Gasteiger partial charge in [-0.3, -0.25) is 0 Å². The first-order chi connectivity index (χ1) is 28.3. The number of rotatable bonds is 7. The van der Waals surface area contributed by atoms with Gasteiger partial charge in [0.05, 0.1) is 22.4 Å². The van der Waals surface area contributed by atoms with E-state index in [0.29, 0.717) is 0 Å². The molecule has 11 rings (SSSR count). The maximum Gasteiger partial charge on any atom is 0.138 e. The van der Waals surface area contributed by atoms with Crippen molar-refractivity contribution in [1.82, 2.24) is 4.57 Å². The van der Waals surface area contributed by atoms with E-state index in [1.807, 2.05) is 0 Å². The zero-order chi connectivity index (χ0) is 37.7. The van der Waals surface area contributed by atoms with Crippen molar-refractivity contribution in [3.63, 3.8) is 0 Å². The van der Waals surface area contributed by atoms with Gasteiger partial charge >= 0.3 is 0 Å². The van der Waals surface area contributed by atoms with Gasteiger partial charge in [-0.05, 0) is 70.8 Å². The second-order valence-electron chi connectivity index (χ2n) is 14.5. The normalized spacial score (nSPS) is 11.5. The highest BCUT2D eigenvalue weighted by Gasteiger charge is 2.27. The topological polar surface area (TPSA) is 21.3 Å². The number of hydrogen-bond donors (Lipinski definition) is 0. The molecule has 0 unspecified atom stereocenters. The first-order valence-corrected chi connectivity index (χ1v) is 19.4. The lowest BCUT2D eigenvalue weighted by Gasteiger charge is -2.29. The maximum absolute atomic E-state index is 6.71. The molecule has 0 atom stereocenters. The molecule has 0 aliphatic heterocycles. The van der Waals surface area contributed by atoms with E-state index in [-0.39, 0.29) is 0 Å². The molecule has 57 heavy (non-hydrogen) atoms. The Morgan fingerprint density at radius 1 is 0.368 bits per heavy atom. The summed E-state index contributed by atoms with van der Waals surface area (Å²) in [6.07, 6.45) is 0. The SMILES string of the molecule is c1ccc(-c2ccc(N(c3ccccc3-c3ccccc3)c3cccc4c3c3c(-c5ccccc5)c5c(cc3n4-c3ccccc3)oc3ccccc35)cc2)cc1. The lowest BCUT2D eigenvalue weighted by molar-refractivity contribution is 0.669. The molecule has 9 aromatic carbocycles. The van der Waals surface area contributed by atoms with Crippen LogP contribution in [0, 0.1) is 0 Å². The van der Waals surface area contributed by atoms with E-state index in [9.17, 15) is 0 Å². The Morgan fingerprint density at radius 2 is 0.947 bits per heavy atom. The number of anilines is 3. The van der Waals surface area contributed by atoms with Crippen LogP contribution in [0.25, 0.3) is 82.8 Å². The van der Waals surface area contributed by atoms with Crippen molar-refractivity contribution in [1.29, 1.82) is 0 Å². The van der Waals surface area contributed by atoms with Crippen molar-refractivity contribution in [3.8, 4) is 39.1 Å². The van der Waals surface area contributed by atoms with Crippen LogP contribution < -0.4 is 4.90 Å². The second kappa shape index (κ2) is 13.6. The van der Waals surface area contributed by atoms with Gasteiger partial charge in [0.1, 0.15) is 11.2 Å². The van der Waals surface area contributed by atoms with Gasteiger partial charge in [-0.2, -0.15) is 0 Å². The standard InChI is InChI=1S/C54H36N2O/c1-5-18-37(19-6-1)38-32-34-42(35-33-38)55(45-28-15-13-26-43(45)39-20-7-2-8-21-39)46-29-17-30-47-53(46)54-48(56(47)41-24-11-4-12-25-41)36-50-52(44-27-14-16-31-49(44)57-50)51(54)40-22-9-3-10-23-40/h1-36H. The molecular formula is C54H36N2O. The van der Waals surface area contributed by atoms with Crippen LogP contribution in [-0.4, -0.2) is 4.57 Å². The molecule has 3 heteroatoms. The van der Waals surface area contributed by atoms with Crippen molar-refractivity contribution in [3.05, 3.63) is 218 Å². The average Bonchev–Trinajstić information content (AvgIpc) is 3.83. The highest BCUT2D eigenvalue weighted by Crippen LogP contribution is 2.51. The summed E-state index contributed by atoms with van der Waals surface area (Å²) >= 11 is 0. The minimum Gasteiger partial charge on any atom is -0.456 e. The Morgan fingerprint density at radius 3 is 1.68 bits per heavy atom. The minimum absolute atomic E-state index is 0.867. The minimum atomic E-state index is 0.867. The van der Waals surface area contributed by atoms with Crippen LogP contribution in [0.4, 0.5) is 17.1 Å². The maximum atomic E-state index is 6.71. The molecule has 2 aromatic heterocycles. The molecule has 0 radical (unpaired) electrons. The predicted octanol–water partition coefficient (Wildman–Crippen LogP) is 15.2. The number of benzene rings is 9. The summed E-state index contributed by atoms with van der Waals surface area (Å²) in [4.78, 5) is 2.46. The molecule has 0 fully saturated rings. The van der Waals surface area contributed by atoms with E-state index in [2.05, 4.69) is 228 Å². The van der Waals surface area contributed by atoms with Crippen molar-refractivity contribution in [2.45, 2.75) is 0 Å². The quantitative estimate of drug-likeness (QED) is 0.163. The molecule has 0 aliphatic rings. The average molecular weight is 729 g/mol. The number of nitrogens with zero attached hydrogens (tertiary/aromatic N) is 2. The zero-order valence-electron chi connectivity index (χ0n) is 31.1. The largest absolute Gasteiger partial charge is 0.456 e. The van der Waals surface area contributed by atoms with Gasteiger partial charge in [-0.25, -0.2) is 0 Å². The van der Waals surface area contributed by atoms with Gasteiger partial charge in [0.2, 0.25) is 0 Å². The van der Waals surface area contributed by atoms with Crippen molar-refractivity contribution >= 4 is 60.8 Å². The zero-order valence-corrected chi connectivity index (χ0v) is 31.1. The molecule has 0 spiro atoms. The summed E-state index contributed by atoms with van der Waals surface area (Å²) in [5.74, 6) is 0. The van der Waals surface area contributed by atoms with E-state index < -0.39 is 0 Å². The lowest BCUT2D eigenvalue weighted by Crippen LogP contribution is -2.11. The molecule has 0 amide bonds. The van der Waals surface area contributed by atoms with Crippen molar-refractivity contribution in [2.75, 3.05) is 4.90 Å². The van der Waals surface area contributed by atoms with E-state index in [4.69, 9.17) is 4.42 Å². The first-order valence-electron chi connectivity index (χ1n) is 19.4. The summed E-state index contributed by atoms with van der Waals surface area (Å²) < 4.78 is 9.12. The number of para-hydroxylation sites is 3. The molecular weight excluding hydrogens is 693 g/mol. The molecule has 0 bridgehead atoms. The Balaban J connectivity index is 1.31. The molecule has 11 aromatic rings. The van der Waals surface area contributed by atoms with Gasteiger partial charge in [0, 0.05) is 50.1 Å². The number of furan rings is 1. The third-order valence-electron chi connectivity index (χ3n) is 11.2. The van der Waals surface area contributed by atoms with Crippen LogP contribution in [-0.2, 0) is 0 Å². The molecule has 0 N–H and O–H groups in total. The fraction of sp³-hybridized carbons (Fsp3) is 0. The van der Waals surface area contributed by atoms with Crippen LogP contribution in [0.1, 0.15) is 0 Å². The van der Waals surface area contributed by atoms with Crippen LogP contribution in [0.2, 0.25) is 0 Å². The molecule has 0 saturated heterocycles. The summed E-state index contributed by atoms with van der Waals surface area (Å²) in [5, 5.41) is 4.57. The highest BCUT2D eigenvalue weighted by molar-refractivity contribution is 6.29. The van der Waals surface area contributed by atoms with Crippen LogP contribution >= 0.6 is 0 Å². The summed E-state index contributed by atoms with van der Waals surface area (Å²) in [7, 11) is 0. The van der Waals surface area contributed by atoms with Crippen LogP contribution in [0.5, 0.6) is 0 Å². The molecule has 268 valence electrons. The summed E-state index contributed by atoms with van der Waals surface area (Å²) in [6.45, 7) is 0. The molecule has 0 aliphatic carbocycles.